The summed E-state index contributed by atoms with van der Waals surface area (Å²) in [5.41, 5.74) is 9.69. The maximum Gasteiger partial charge on any atom is 0.258 e. The highest BCUT2D eigenvalue weighted by molar-refractivity contribution is 5.60. The van der Waals surface area contributed by atoms with E-state index in [1.807, 2.05) is 55.5 Å². The van der Waals surface area contributed by atoms with Gasteiger partial charge in [-0.25, -0.2) is 0 Å². The number of hydrogen-bond acceptors (Lipinski definition) is 4. The molecule has 0 fully saturated rings. The SMILES string of the molecule is Cc1cccc(-c2noc(-c3cccc(CN)c3)n2)c1. The highest BCUT2D eigenvalue weighted by Crippen LogP contribution is 2.23. The zero-order chi connectivity index (χ0) is 13.9. The molecule has 0 radical (unpaired) electrons. The molecule has 3 rings (SSSR count). The van der Waals surface area contributed by atoms with Gasteiger partial charge in [-0.15, -0.1) is 0 Å². The van der Waals surface area contributed by atoms with Crippen molar-refractivity contribution in [1.29, 1.82) is 0 Å². The minimum absolute atomic E-state index is 0.493. The van der Waals surface area contributed by atoms with Gasteiger partial charge in [0.1, 0.15) is 0 Å². The molecule has 0 amide bonds. The Morgan fingerprint density at radius 1 is 1.05 bits per heavy atom. The number of aromatic nitrogens is 2. The summed E-state index contributed by atoms with van der Waals surface area (Å²) < 4.78 is 5.34. The van der Waals surface area contributed by atoms with Crippen molar-refractivity contribution in [2.45, 2.75) is 13.5 Å². The van der Waals surface area contributed by atoms with Crippen molar-refractivity contribution in [3.63, 3.8) is 0 Å². The van der Waals surface area contributed by atoms with Gasteiger partial charge in [0.05, 0.1) is 0 Å². The molecule has 20 heavy (non-hydrogen) atoms. The molecule has 2 N–H and O–H groups in total. The van der Waals surface area contributed by atoms with Crippen LogP contribution < -0.4 is 5.73 Å². The lowest BCUT2D eigenvalue weighted by Crippen LogP contribution is -1.95. The maximum absolute atomic E-state index is 5.64. The van der Waals surface area contributed by atoms with Crippen LogP contribution in [-0.2, 0) is 6.54 Å². The third-order valence-electron chi connectivity index (χ3n) is 3.11. The summed E-state index contributed by atoms with van der Waals surface area (Å²) in [6.07, 6.45) is 0. The van der Waals surface area contributed by atoms with Gasteiger partial charge in [0.25, 0.3) is 5.89 Å². The molecule has 100 valence electrons. The molecule has 0 aliphatic rings. The highest BCUT2D eigenvalue weighted by Gasteiger charge is 2.10. The highest BCUT2D eigenvalue weighted by atomic mass is 16.5. The molecule has 0 aliphatic carbocycles. The van der Waals surface area contributed by atoms with Crippen molar-refractivity contribution in [2.24, 2.45) is 5.73 Å². The second kappa shape index (κ2) is 5.27. The summed E-state index contributed by atoms with van der Waals surface area (Å²) in [4.78, 5) is 4.45. The molecular formula is C16H15N3O. The second-order valence-electron chi connectivity index (χ2n) is 4.70. The average Bonchev–Trinajstić information content (AvgIpc) is 2.97. The predicted octanol–water partition coefficient (Wildman–Crippen LogP) is 3.17. The van der Waals surface area contributed by atoms with Crippen LogP contribution in [0.5, 0.6) is 0 Å². The molecule has 4 nitrogen and oxygen atoms in total. The van der Waals surface area contributed by atoms with Crippen LogP contribution in [0, 0.1) is 6.92 Å². The Bertz CT molecular complexity index is 734. The molecule has 0 aliphatic heterocycles. The average molecular weight is 265 g/mol. The largest absolute Gasteiger partial charge is 0.334 e. The zero-order valence-corrected chi connectivity index (χ0v) is 11.2. The van der Waals surface area contributed by atoms with Crippen LogP contribution in [0.25, 0.3) is 22.8 Å². The minimum atomic E-state index is 0.493. The molecule has 0 unspecified atom stereocenters. The molecule has 4 heteroatoms. The van der Waals surface area contributed by atoms with Crippen molar-refractivity contribution in [2.75, 3.05) is 0 Å². The van der Waals surface area contributed by atoms with E-state index in [1.54, 1.807) is 0 Å². The Morgan fingerprint density at radius 3 is 2.65 bits per heavy atom. The molecule has 3 aromatic rings. The molecule has 0 atom stereocenters. The number of nitrogens with zero attached hydrogens (tertiary/aromatic N) is 2. The standard InChI is InChI=1S/C16H15N3O/c1-11-4-2-6-13(8-11)15-18-16(20-19-15)14-7-3-5-12(9-14)10-17/h2-9H,10,17H2,1H3. The number of nitrogens with two attached hydrogens (primary N) is 1. The lowest BCUT2D eigenvalue weighted by molar-refractivity contribution is 0.432. The molecule has 0 spiro atoms. The Morgan fingerprint density at radius 2 is 1.85 bits per heavy atom. The van der Waals surface area contributed by atoms with Crippen molar-refractivity contribution in [3.05, 3.63) is 59.7 Å². The van der Waals surface area contributed by atoms with Gasteiger partial charge >= 0.3 is 0 Å². The monoisotopic (exact) mass is 265 g/mol. The smallest absolute Gasteiger partial charge is 0.258 e. The predicted molar refractivity (Wildman–Crippen MR) is 77.8 cm³/mol. The number of rotatable bonds is 3. The number of benzene rings is 2. The quantitative estimate of drug-likeness (QED) is 0.790. The summed E-state index contributed by atoms with van der Waals surface area (Å²) >= 11 is 0. The Balaban J connectivity index is 1.97. The van der Waals surface area contributed by atoms with Gasteiger partial charge in [-0.2, -0.15) is 4.98 Å². The fourth-order valence-corrected chi connectivity index (χ4v) is 2.07. The van der Waals surface area contributed by atoms with E-state index in [4.69, 9.17) is 10.3 Å². The van der Waals surface area contributed by atoms with Crippen molar-refractivity contribution in [3.8, 4) is 22.8 Å². The first kappa shape index (κ1) is 12.6. The van der Waals surface area contributed by atoms with Gasteiger partial charge in [0.2, 0.25) is 5.82 Å². The minimum Gasteiger partial charge on any atom is -0.334 e. The molecule has 2 aromatic carbocycles. The van der Waals surface area contributed by atoms with Crippen LogP contribution >= 0.6 is 0 Å². The molecule has 0 bridgehead atoms. The van der Waals surface area contributed by atoms with Gasteiger partial charge in [-0.1, -0.05) is 41.1 Å². The lowest BCUT2D eigenvalue weighted by Gasteiger charge is -1.98. The van der Waals surface area contributed by atoms with E-state index >= 15 is 0 Å². The maximum atomic E-state index is 5.64. The van der Waals surface area contributed by atoms with E-state index in [1.165, 1.54) is 5.56 Å². The van der Waals surface area contributed by atoms with Gasteiger partial charge in [0.15, 0.2) is 0 Å². The topological polar surface area (TPSA) is 64.9 Å². The van der Waals surface area contributed by atoms with Crippen LogP contribution in [0.4, 0.5) is 0 Å². The van der Waals surface area contributed by atoms with Gasteiger partial charge in [-0.3, -0.25) is 0 Å². The fourth-order valence-electron chi connectivity index (χ4n) is 2.07. The van der Waals surface area contributed by atoms with Crippen LogP contribution in [0.3, 0.4) is 0 Å². The lowest BCUT2D eigenvalue weighted by atomic mass is 10.1. The van der Waals surface area contributed by atoms with E-state index in [0.717, 1.165) is 16.7 Å². The van der Waals surface area contributed by atoms with E-state index in [2.05, 4.69) is 10.1 Å². The molecular weight excluding hydrogens is 250 g/mol. The van der Waals surface area contributed by atoms with Crippen molar-refractivity contribution < 1.29 is 4.52 Å². The summed E-state index contributed by atoms with van der Waals surface area (Å²) in [6, 6.07) is 15.8. The summed E-state index contributed by atoms with van der Waals surface area (Å²) in [5, 5.41) is 4.04. The third kappa shape index (κ3) is 2.46. The third-order valence-corrected chi connectivity index (χ3v) is 3.11. The molecule has 0 saturated carbocycles. The first-order valence-electron chi connectivity index (χ1n) is 6.46. The summed E-state index contributed by atoms with van der Waals surface area (Å²) in [7, 11) is 0. The van der Waals surface area contributed by atoms with E-state index < -0.39 is 0 Å². The van der Waals surface area contributed by atoms with E-state index in [0.29, 0.717) is 18.3 Å². The zero-order valence-electron chi connectivity index (χ0n) is 11.2. The Labute approximate surface area is 117 Å². The molecule has 0 saturated heterocycles. The van der Waals surface area contributed by atoms with Crippen molar-refractivity contribution in [1.82, 2.24) is 10.1 Å². The van der Waals surface area contributed by atoms with Gasteiger partial charge in [0, 0.05) is 17.7 Å². The Hall–Kier alpha value is -2.46. The fraction of sp³-hybridized carbons (Fsp3) is 0.125. The Kier molecular flexibility index (Phi) is 3.31. The summed E-state index contributed by atoms with van der Waals surface area (Å²) in [5.74, 6) is 1.11. The van der Waals surface area contributed by atoms with Crippen LogP contribution in [0.15, 0.2) is 53.1 Å². The second-order valence-corrected chi connectivity index (χ2v) is 4.70. The van der Waals surface area contributed by atoms with E-state index in [9.17, 15) is 0 Å². The number of hydrogen-bond donors (Lipinski definition) is 1. The van der Waals surface area contributed by atoms with Crippen LogP contribution in [0.2, 0.25) is 0 Å². The first-order chi connectivity index (χ1) is 9.76. The van der Waals surface area contributed by atoms with Crippen LogP contribution in [-0.4, -0.2) is 10.1 Å². The molecule has 1 heterocycles. The molecule has 1 aromatic heterocycles. The van der Waals surface area contributed by atoms with Gasteiger partial charge in [-0.05, 0) is 30.7 Å². The van der Waals surface area contributed by atoms with E-state index in [-0.39, 0.29) is 0 Å². The van der Waals surface area contributed by atoms with Crippen molar-refractivity contribution >= 4 is 0 Å². The van der Waals surface area contributed by atoms with Gasteiger partial charge < -0.3 is 10.3 Å². The summed E-state index contributed by atoms with van der Waals surface area (Å²) in [6.45, 7) is 2.53. The van der Waals surface area contributed by atoms with Crippen LogP contribution in [0.1, 0.15) is 11.1 Å². The normalized spacial score (nSPS) is 10.7. The number of aryl methyl sites for hydroxylation is 1. The first-order valence-corrected chi connectivity index (χ1v) is 6.46.